The number of pyridine rings is 1. The fraction of sp³-hybridized carbons (Fsp3) is 0.130. The smallest absolute Gasteiger partial charge is 0.416 e. The van der Waals surface area contributed by atoms with Gasteiger partial charge in [0.1, 0.15) is 5.75 Å². The molecule has 0 spiro atoms. The molecule has 0 saturated heterocycles. The van der Waals surface area contributed by atoms with Gasteiger partial charge >= 0.3 is 12.1 Å². The van der Waals surface area contributed by atoms with E-state index in [1.807, 2.05) is 0 Å². The van der Waals surface area contributed by atoms with E-state index < -0.39 is 30.2 Å². The molecule has 0 aliphatic rings. The Hall–Kier alpha value is -4.41. The predicted molar refractivity (Wildman–Crippen MR) is 115 cm³/mol. The van der Waals surface area contributed by atoms with E-state index in [0.717, 1.165) is 12.1 Å². The highest BCUT2D eigenvalue weighted by Crippen LogP contribution is 2.31. The predicted octanol–water partition coefficient (Wildman–Crippen LogP) is 3.86. The minimum absolute atomic E-state index is 0.102. The minimum Gasteiger partial charge on any atom is -0.493 e. The van der Waals surface area contributed by atoms with Gasteiger partial charge in [0, 0.05) is 12.4 Å². The molecule has 1 amide bonds. The second-order valence-corrected chi connectivity index (χ2v) is 6.65. The maximum atomic E-state index is 12.7. The van der Waals surface area contributed by atoms with Crippen LogP contribution in [0.1, 0.15) is 21.5 Å². The quantitative estimate of drug-likeness (QED) is 0.231. The van der Waals surface area contributed by atoms with Crippen molar-refractivity contribution >= 4 is 18.1 Å². The van der Waals surface area contributed by atoms with Gasteiger partial charge in [-0.05, 0) is 54.1 Å². The lowest BCUT2D eigenvalue weighted by molar-refractivity contribution is -0.137. The summed E-state index contributed by atoms with van der Waals surface area (Å²) in [7, 11) is 1.39. The van der Waals surface area contributed by atoms with Crippen LogP contribution in [-0.4, -0.2) is 36.8 Å². The number of hydrogen-bond acceptors (Lipinski definition) is 7. The number of hydrazone groups is 1. The SMILES string of the molecule is COc1cc(/C=N/NC(=O)COc2cccc(C(F)(F)F)c2)ccc1OC(=O)c1cccnc1. The molecule has 0 aliphatic heterocycles. The molecule has 8 nitrogen and oxygen atoms in total. The van der Waals surface area contributed by atoms with Crippen LogP contribution in [-0.2, 0) is 11.0 Å². The summed E-state index contributed by atoms with van der Waals surface area (Å²) in [6, 6.07) is 11.9. The Kier molecular flexibility index (Phi) is 7.80. The van der Waals surface area contributed by atoms with Crippen LogP contribution in [0, 0.1) is 0 Å². The zero-order chi connectivity index (χ0) is 24.6. The molecule has 0 bridgehead atoms. The number of hydrogen-bond donors (Lipinski definition) is 1. The molecular formula is C23H18F3N3O5. The van der Waals surface area contributed by atoms with E-state index in [1.54, 1.807) is 18.2 Å². The fourth-order valence-electron chi connectivity index (χ4n) is 2.61. The molecule has 34 heavy (non-hydrogen) atoms. The van der Waals surface area contributed by atoms with Crippen molar-refractivity contribution in [2.24, 2.45) is 5.10 Å². The highest BCUT2D eigenvalue weighted by Gasteiger charge is 2.30. The number of methoxy groups -OCH3 is 1. The first-order valence-electron chi connectivity index (χ1n) is 9.68. The Morgan fingerprint density at radius 3 is 2.62 bits per heavy atom. The van der Waals surface area contributed by atoms with E-state index in [2.05, 4.69) is 15.5 Å². The second-order valence-electron chi connectivity index (χ2n) is 6.65. The molecular weight excluding hydrogens is 455 g/mol. The summed E-state index contributed by atoms with van der Waals surface area (Å²) < 4.78 is 53.8. The van der Waals surface area contributed by atoms with Crippen LogP contribution >= 0.6 is 0 Å². The van der Waals surface area contributed by atoms with E-state index in [4.69, 9.17) is 14.2 Å². The fourth-order valence-corrected chi connectivity index (χ4v) is 2.61. The molecule has 1 heterocycles. The maximum absolute atomic E-state index is 12.7. The third-order valence-corrected chi connectivity index (χ3v) is 4.22. The van der Waals surface area contributed by atoms with E-state index >= 15 is 0 Å². The number of rotatable bonds is 8. The Morgan fingerprint density at radius 1 is 1.09 bits per heavy atom. The lowest BCUT2D eigenvalue weighted by atomic mass is 10.2. The standard InChI is InChI=1S/C23H18F3N3O5/c1-32-20-10-15(7-8-19(20)34-22(31)16-4-3-9-27-13-16)12-28-29-21(30)14-33-18-6-2-5-17(11-18)23(24,25)26/h2-13H,14H2,1H3,(H,29,30)/b28-12+. The van der Waals surface area contributed by atoms with Crippen molar-refractivity contribution in [3.8, 4) is 17.2 Å². The lowest BCUT2D eigenvalue weighted by Crippen LogP contribution is -2.24. The molecule has 176 valence electrons. The summed E-state index contributed by atoms with van der Waals surface area (Å²) in [5.74, 6) is -0.967. The number of nitrogens with zero attached hydrogens (tertiary/aromatic N) is 2. The molecule has 3 rings (SSSR count). The van der Waals surface area contributed by atoms with Crippen molar-refractivity contribution < 1.29 is 37.0 Å². The minimum atomic E-state index is -4.51. The molecule has 0 radical (unpaired) electrons. The molecule has 1 N–H and O–H groups in total. The molecule has 1 aromatic heterocycles. The molecule has 2 aromatic carbocycles. The first-order valence-corrected chi connectivity index (χ1v) is 9.68. The van der Waals surface area contributed by atoms with Gasteiger partial charge in [-0.25, -0.2) is 10.2 Å². The normalized spacial score (nSPS) is 11.2. The third kappa shape index (κ3) is 6.79. The number of nitrogens with one attached hydrogen (secondary N) is 1. The number of carbonyl (C=O) groups excluding carboxylic acids is 2. The van der Waals surface area contributed by atoms with Gasteiger partial charge in [-0.2, -0.15) is 18.3 Å². The number of alkyl halides is 3. The number of benzene rings is 2. The molecule has 3 aromatic rings. The van der Waals surface area contributed by atoms with Crippen LogP contribution in [0.2, 0.25) is 0 Å². The van der Waals surface area contributed by atoms with E-state index in [9.17, 15) is 22.8 Å². The van der Waals surface area contributed by atoms with Gasteiger partial charge in [-0.15, -0.1) is 0 Å². The monoisotopic (exact) mass is 473 g/mol. The van der Waals surface area contributed by atoms with E-state index in [0.29, 0.717) is 5.56 Å². The summed E-state index contributed by atoms with van der Waals surface area (Å²) >= 11 is 0. The van der Waals surface area contributed by atoms with Crippen molar-refractivity contribution in [2.75, 3.05) is 13.7 Å². The average Bonchev–Trinajstić information content (AvgIpc) is 2.83. The largest absolute Gasteiger partial charge is 0.493 e. The molecule has 0 fully saturated rings. The van der Waals surface area contributed by atoms with Crippen LogP contribution in [0.25, 0.3) is 0 Å². The summed E-state index contributed by atoms with van der Waals surface area (Å²) in [5.41, 5.74) is 2.10. The van der Waals surface area contributed by atoms with E-state index in [1.165, 1.54) is 50.0 Å². The van der Waals surface area contributed by atoms with Crippen LogP contribution in [0.5, 0.6) is 17.2 Å². The Balaban J connectivity index is 1.55. The number of esters is 1. The first kappa shape index (κ1) is 24.2. The summed E-state index contributed by atoms with van der Waals surface area (Å²) in [6.45, 7) is -0.537. The van der Waals surface area contributed by atoms with Gasteiger partial charge in [-0.3, -0.25) is 9.78 Å². The average molecular weight is 473 g/mol. The zero-order valence-corrected chi connectivity index (χ0v) is 17.7. The van der Waals surface area contributed by atoms with Gasteiger partial charge in [0.25, 0.3) is 5.91 Å². The lowest BCUT2D eigenvalue weighted by Gasteiger charge is -2.10. The van der Waals surface area contributed by atoms with Gasteiger partial charge in [0.05, 0.1) is 24.5 Å². The molecule has 0 aliphatic carbocycles. The Bertz CT molecular complexity index is 1180. The highest BCUT2D eigenvalue weighted by molar-refractivity contribution is 5.91. The molecule has 0 unspecified atom stereocenters. The van der Waals surface area contributed by atoms with Crippen LogP contribution in [0.4, 0.5) is 13.2 Å². The number of halogens is 3. The number of aromatic nitrogens is 1. The van der Waals surface area contributed by atoms with Crippen molar-refractivity contribution in [3.05, 3.63) is 83.7 Å². The van der Waals surface area contributed by atoms with Crippen LogP contribution in [0.15, 0.2) is 72.1 Å². The van der Waals surface area contributed by atoms with Crippen LogP contribution < -0.4 is 19.6 Å². The number of carbonyl (C=O) groups is 2. The highest BCUT2D eigenvalue weighted by atomic mass is 19.4. The van der Waals surface area contributed by atoms with Gasteiger partial charge in [0.2, 0.25) is 0 Å². The summed E-state index contributed by atoms with van der Waals surface area (Å²) in [6.07, 6.45) is -0.311. The maximum Gasteiger partial charge on any atom is 0.416 e. The first-order chi connectivity index (χ1) is 16.3. The molecule has 0 atom stereocenters. The number of ether oxygens (including phenoxy) is 3. The van der Waals surface area contributed by atoms with Gasteiger partial charge in [-0.1, -0.05) is 6.07 Å². The van der Waals surface area contributed by atoms with Crippen LogP contribution in [0.3, 0.4) is 0 Å². The number of amides is 1. The molecule has 11 heteroatoms. The zero-order valence-electron chi connectivity index (χ0n) is 17.7. The topological polar surface area (TPSA) is 99.1 Å². The van der Waals surface area contributed by atoms with Crippen molar-refractivity contribution in [1.29, 1.82) is 0 Å². The second kappa shape index (κ2) is 10.9. The van der Waals surface area contributed by atoms with Gasteiger partial charge < -0.3 is 14.2 Å². The van der Waals surface area contributed by atoms with E-state index in [-0.39, 0.29) is 22.8 Å². The summed E-state index contributed by atoms with van der Waals surface area (Å²) in [5, 5.41) is 3.77. The summed E-state index contributed by atoms with van der Waals surface area (Å²) in [4.78, 5) is 27.9. The third-order valence-electron chi connectivity index (χ3n) is 4.22. The Morgan fingerprint density at radius 2 is 1.91 bits per heavy atom. The van der Waals surface area contributed by atoms with Crippen molar-refractivity contribution in [3.63, 3.8) is 0 Å². The van der Waals surface area contributed by atoms with Crippen molar-refractivity contribution in [1.82, 2.24) is 10.4 Å². The van der Waals surface area contributed by atoms with Gasteiger partial charge in [0.15, 0.2) is 18.1 Å². The Labute approximate surface area is 192 Å². The molecule has 0 saturated carbocycles. The van der Waals surface area contributed by atoms with Crippen molar-refractivity contribution in [2.45, 2.75) is 6.18 Å².